The Balaban J connectivity index is 1.93. The number of nitrogens with zero attached hydrogens (tertiary/aromatic N) is 2. The predicted molar refractivity (Wildman–Crippen MR) is 72.2 cm³/mol. The Morgan fingerprint density at radius 2 is 2.47 bits per heavy atom. The molecule has 1 saturated heterocycles. The minimum Gasteiger partial charge on any atom is -0.389 e. The van der Waals surface area contributed by atoms with Crippen molar-refractivity contribution in [3.8, 4) is 0 Å². The smallest absolute Gasteiger partial charge is 0.271 e. The van der Waals surface area contributed by atoms with Crippen molar-refractivity contribution in [1.82, 2.24) is 15.2 Å². The van der Waals surface area contributed by atoms with Crippen LogP contribution in [0.2, 0.25) is 0 Å². The summed E-state index contributed by atoms with van der Waals surface area (Å²) in [6, 6.07) is -0.250. The quantitative estimate of drug-likeness (QED) is 0.820. The maximum atomic E-state index is 12.0. The van der Waals surface area contributed by atoms with E-state index in [9.17, 15) is 9.90 Å². The number of hydrogen-bond donors (Lipinski definition) is 2. The molecule has 0 aliphatic carbocycles. The Morgan fingerprint density at radius 1 is 1.68 bits per heavy atom. The fourth-order valence-corrected chi connectivity index (χ4v) is 2.78. The van der Waals surface area contributed by atoms with Gasteiger partial charge in [0.1, 0.15) is 10.7 Å². The molecule has 1 aliphatic rings. The van der Waals surface area contributed by atoms with Crippen LogP contribution in [-0.4, -0.2) is 60.4 Å². The number of nitrogens with one attached hydrogen (secondary N) is 1. The highest BCUT2D eigenvalue weighted by Gasteiger charge is 2.26. The number of aliphatic hydroxyl groups excluding tert-OH is 1. The lowest BCUT2D eigenvalue weighted by atomic mass is 10.1. The molecule has 1 fully saturated rings. The van der Waals surface area contributed by atoms with E-state index in [0.29, 0.717) is 18.7 Å². The Labute approximate surface area is 116 Å². The Morgan fingerprint density at radius 3 is 3.16 bits per heavy atom. The second-order valence-electron chi connectivity index (χ2n) is 4.88. The number of amides is 1. The molecule has 106 valence electrons. The van der Waals surface area contributed by atoms with Gasteiger partial charge in [-0.25, -0.2) is 4.98 Å². The number of thiazole rings is 1. The van der Waals surface area contributed by atoms with E-state index < -0.39 is 6.10 Å². The van der Waals surface area contributed by atoms with Crippen LogP contribution in [0.15, 0.2) is 5.38 Å². The second kappa shape index (κ2) is 6.42. The van der Waals surface area contributed by atoms with Gasteiger partial charge in [0, 0.05) is 18.5 Å². The van der Waals surface area contributed by atoms with Crippen LogP contribution in [0.5, 0.6) is 0 Å². The molecule has 1 aromatic rings. The zero-order valence-corrected chi connectivity index (χ0v) is 11.9. The first-order chi connectivity index (χ1) is 9.06. The third kappa shape index (κ3) is 3.97. The third-order valence-corrected chi connectivity index (χ3v) is 3.71. The van der Waals surface area contributed by atoms with Gasteiger partial charge in [-0.2, -0.15) is 0 Å². The van der Waals surface area contributed by atoms with E-state index in [-0.39, 0.29) is 18.6 Å². The summed E-state index contributed by atoms with van der Waals surface area (Å²) in [6.45, 7) is 1.55. The summed E-state index contributed by atoms with van der Waals surface area (Å²) in [5.74, 6) is -0.229. The van der Waals surface area contributed by atoms with Gasteiger partial charge in [-0.15, -0.1) is 11.3 Å². The van der Waals surface area contributed by atoms with Gasteiger partial charge in [0.05, 0.1) is 18.8 Å². The average molecular weight is 285 g/mol. The molecule has 0 bridgehead atoms. The van der Waals surface area contributed by atoms with Crippen molar-refractivity contribution < 1.29 is 14.6 Å². The van der Waals surface area contributed by atoms with E-state index in [4.69, 9.17) is 4.74 Å². The summed E-state index contributed by atoms with van der Waals surface area (Å²) in [6.07, 6.45) is -0.0145. The van der Waals surface area contributed by atoms with Crippen molar-refractivity contribution in [3.05, 3.63) is 16.1 Å². The topological polar surface area (TPSA) is 74.7 Å². The standard InChI is InChI=1S/C12H19N3O3S/c1-15(2)5-11-13-9(7-19-11)12(17)14-8-3-4-18-6-10(8)16/h7-8,10,16H,3-6H2,1-2H3,(H,14,17)/t8-,10-/m1/s1. The highest BCUT2D eigenvalue weighted by atomic mass is 32.1. The SMILES string of the molecule is CN(C)Cc1nc(C(=O)N[C@@H]2CCOC[C@H]2O)cs1. The molecule has 2 atom stereocenters. The van der Waals surface area contributed by atoms with Crippen LogP contribution in [0.4, 0.5) is 0 Å². The first-order valence-electron chi connectivity index (χ1n) is 6.22. The molecule has 1 aromatic heterocycles. The fourth-order valence-electron chi connectivity index (χ4n) is 1.89. The number of carbonyl (C=O) groups is 1. The summed E-state index contributed by atoms with van der Waals surface area (Å²) >= 11 is 1.47. The Hall–Kier alpha value is -1.02. The molecule has 2 heterocycles. The normalized spacial score (nSPS) is 23.6. The van der Waals surface area contributed by atoms with Crippen LogP contribution in [0.3, 0.4) is 0 Å². The highest BCUT2D eigenvalue weighted by Crippen LogP contribution is 2.13. The monoisotopic (exact) mass is 285 g/mol. The van der Waals surface area contributed by atoms with Gasteiger partial charge >= 0.3 is 0 Å². The van der Waals surface area contributed by atoms with Gasteiger partial charge in [0.15, 0.2) is 0 Å². The number of ether oxygens (including phenoxy) is 1. The van der Waals surface area contributed by atoms with Crippen molar-refractivity contribution in [2.45, 2.75) is 25.1 Å². The van der Waals surface area contributed by atoms with Gasteiger partial charge in [-0.1, -0.05) is 0 Å². The molecule has 7 heteroatoms. The number of rotatable bonds is 4. The van der Waals surface area contributed by atoms with E-state index >= 15 is 0 Å². The lowest BCUT2D eigenvalue weighted by Gasteiger charge is -2.28. The molecular weight excluding hydrogens is 266 g/mol. The van der Waals surface area contributed by atoms with Crippen LogP contribution < -0.4 is 5.32 Å². The molecule has 1 amide bonds. The molecule has 0 aromatic carbocycles. The largest absolute Gasteiger partial charge is 0.389 e. The maximum Gasteiger partial charge on any atom is 0.271 e. The first-order valence-corrected chi connectivity index (χ1v) is 7.10. The van der Waals surface area contributed by atoms with E-state index in [2.05, 4.69) is 10.3 Å². The summed E-state index contributed by atoms with van der Waals surface area (Å²) < 4.78 is 5.13. The number of carbonyl (C=O) groups excluding carboxylic acids is 1. The molecule has 2 N–H and O–H groups in total. The first kappa shape index (κ1) is 14.4. The average Bonchev–Trinajstić information content (AvgIpc) is 2.79. The zero-order chi connectivity index (χ0) is 13.8. The van der Waals surface area contributed by atoms with E-state index in [1.54, 1.807) is 5.38 Å². The third-order valence-electron chi connectivity index (χ3n) is 2.88. The summed E-state index contributed by atoms with van der Waals surface area (Å²) in [5, 5.41) is 15.2. The van der Waals surface area contributed by atoms with Crippen molar-refractivity contribution in [2.24, 2.45) is 0 Å². The zero-order valence-electron chi connectivity index (χ0n) is 11.1. The van der Waals surface area contributed by atoms with Crippen LogP contribution in [-0.2, 0) is 11.3 Å². The lowest BCUT2D eigenvalue weighted by Crippen LogP contribution is -2.48. The molecule has 19 heavy (non-hydrogen) atoms. The van der Waals surface area contributed by atoms with Crippen molar-refractivity contribution >= 4 is 17.2 Å². The van der Waals surface area contributed by atoms with Gasteiger partial charge in [-0.3, -0.25) is 4.79 Å². The minimum absolute atomic E-state index is 0.229. The molecule has 0 unspecified atom stereocenters. The Kier molecular flexibility index (Phi) is 4.87. The van der Waals surface area contributed by atoms with Gasteiger partial charge in [0.2, 0.25) is 0 Å². The minimum atomic E-state index is -0.641. The van der Waals surface area contributed by atoms with E-state index in [1.165, 1.54) is 11.3 Å². The van der Waals surface area contributed by atoms with Crippen molar-refractivity contribution in [3.63, 3.8) is 0 Å². The summed E-state index contributed by atoms with van der Waals surface area (Å²) in [7, 11) is 3.92. The molecular formula is C12H19N3O3S. The molecule has 0 radical (unpaired) electrons. The van der Waals surface area contributed by atoms with Gasteiger partial charge < -0.3 is 20.1 Å². The van der Waals surface area contributed by atoms with Crippen LogP contribution >= 0.6 is 11.3 Å². The predicted octanol–water partition coefficient (Wildman–Crippen LogP) is 0.0843. The maximum absolute atomic E-state index is 12.0. The van der Waals surface area contributed by atoms with Gasteiger partial charge in [0.25, 0.3) is 5.91 Å². The molecule has 2 rings (SSSR count). The Bertz CT molecular complexity index is 436. The lowest BCUT2D eigenvalue weighted by molar-refractivity contribution is -0.0261. The molecule has 6 nitrogen and oxygen atoms in total. The fraction of sp³-hybridized carbons (Fsp3) is 0.667. The number of hydrogen-bond acceptors (Lipinski definition) is 6. The van der Waals surface area contributed by atoms with Gasteiger partial charge in [-0.05, 0) is 20.5 Å². The van der Waals surface area contributed by atoms with E-state index in [1.807, 2.05) is 19.0 Å². The van der Waals surface area contributed by atoms with E-state index in [0.717, 1.165) is 11.6 Å². The summed E-state index contributed by atoms with van der Waals surface area (Å²) in [5.41, 5.74) is 0.417. The number of aliphatic hydroxyl groups is 1. The molecule has 1 aliphatic heterocycles. The van der Waals surface area contributed by atoms with Crippen LogP contribution in [0.1, 0.15) is 21.9 Å². The number of aromatic nitrogens is 1. The van der Waals surface area contributed by atoms with Crippen molar-refractivity contribution in [2.75, 3.05) is 27.3 Å². The second-order valence-corrected chi connectivity index (χ2v) is 5.82. The van der Waals surface area contributed by atoms with Crippen LogP contribution in [0.25, 0.3) is 0 Å². The highest BCUT2D eigenvalue weighted by molar-refractivity contribution is 7.09. The summed E-state index contributed by atoms with van der Waals surface area (Å²) in [4.78, 5) is 18.3. The van der Waals surface area contributed by atoms with Crippen LogP contribution in [0, 0.1) is 0 Å². The molecule has 0 saturated carbocycles. The van der Waals surface area contributed by atoms with Crippen molar-refractivity contribution in [1.29, 1.82) is 0 Å². The molecule has 0 spiro atoms.